The van der Waals surface area contributed by atoms with E-state index >= 15 is 0 Å². The number of amides is 2. The van der Waals surface area contributed by atoms with Crippen molar-refractivity contribution in [2.24, 2.45) is 0 Å². The maximum absolute atomic E-state index is 13.1. The summed E-state index contributed by atoms with van der Waals surface area (Å²) in [6, 6.07) is 15.2. The standard InChI is InChI=1S/C23H26N2O4/c1-6-21(18-12-14-20(15-13-18)22(26)24(4)28-5)25(29-16-17(2)3)23(27)19-10-8-7-9-11-19/h6-15,21H,1-2,16H2,3-5H3/t21-/m1/s1. The summed E-state index contributed by atoms with van der Waals surface area (Å²) in [5.74, 6) is -0.569. The van der Waals surface area contributed by atoms with Gasteiger partial charge in [0.2, 0.25) is 0 Å². The van der Waals surface area contributed by atoms with Crippen molar-refractivity contribution in [2.45, 2.75) is 13.0 Å². The third-order valence-electron chi connectivity index (χ3n) is 4.21. The van der Waals surface area contributed by atoms with Gasteiger partial charge in [0.05, 0.1) is 13.7 Å². The minimum absolute atomic E-state index is 0.193. The topological polar surface area (TPSA) is 59.1 Å². The molecule has 0 saturated carbocycles. The van der Waals surface area contributed by atoms with E-state index in [4.69, 9.17) is 9.68 Å². The molecule has 0 aromatic heterocycles. The van der Waals surface area contributed by atoms with Gasteiger partial charge >= 0.3 is 0 Å². The largest absolute Gasteiger partial charge is 0.278 e. The Bertz CT molecular complexity index is 862. The zero-order chi connectivity index (χ0) is 21.4. The van der Waals surface area contributed by atoms with Crippen LogP contribution in [0, 0.1) is 0 Å². The van der Waals surface area contributed by atoms with Crippen LogP contribution in [0.1, 0.15) is 39.2 Å². The fourth-order valence-corrected chi connectivity index (χ4v) is 2.61. The van der Waals surface area contributed by atoms with Crippen LogP contribution in [0.2, 0.25) is 0 Å². The molecule has 0 aliphatic carbocycles. The van der Waals surface area contributed by atoms with E-state index in [-0.39, 0.29) is 18.4 Å². The SMILES string of the molecule is C=C[C@H](c1ccc(C(=O)N(C)OC)cc1)N(OCC(=C)C)C(=O)c1ccccc1. The highest BCUT2D eigenvalue weighted by Gasteiger charge is 2.26. The molecule has 2 rings (SSSR count). The van der Waals surface area contributed by atoms with Crippen LogP contribution in [0.15, 0.2) is 79.4 Å². The predicted octanol–water partition coefficient (Wildman–Crippen LogP) is 4.20. The molecule has 152 valence electrons. The summed E-state index contributed by atoms with van der Waals surface area (Å²) >= 11 is 0. The predicted molar refractivity (Wildman–Crippen MR) is 112 cm³/mol. The van der Waals surface area contributed by atoms with E-state index in [2.05, 4.69) is 13.2 Å². The average Bonchev–Trinajstić information content (AvgIpc) is 2.75. The minimum Gasteiger partial charge on any atom is -0.274 e. The molecule has 2 aromatic carbocycles. The van der Waals surface area contributed by atoms with Gasteiger partial charge in [0, 0.05) is 18.2 Å². The Labute approximate surface area is 171 Å². The Morgan fingerprint density at radius 1 is 1.03 bits per heavy atom. The van der Waals surface area contributed by atoms with Crippen LogP contribution in [0.4, 0.5) is 0 Å². The zero-order valence-corrected chi connectivity index (χ0v) is 17.0. The van der Waals surface area contributed by atoms with Crippen molar-refractivity contribution in [1.29, 1.82) is 0 Å². The Morgan fingerprint density at radius 2 is 1.62 bits per heavy atom. The molecule has 2 aromatic rings. The molecule has 0 heterocycles. The molecule has 0 aliphatic heterocycles. The third-order valence-corrected chi connectivity index (χ3v) is 4.21. The summed E-state index contributed by atoms with van der Waals surface area (Å²) in [5.41, 5.74) is 2.49. The fourth-order valence-electron chi connectivity index (χ4n) is 2.61. The van der Waals surface area contributed by atoms with Crippen LogP contribution in [-0.4, -0.2) is 42.7 Å². The van der Waals surface area contributed by atoms with Crippen LogP contribution >= 0.6 is 0 Å². The Balaban J connectivity index is 2.34. The van der Waals surface area contributed by atoms with Gasteiger partial charge in [-0.05, 0) is 36.8 Å². The Morgan fingerprint density at radius 3 is 2.14 bits per heavy atom. The van der Waals surface area contributed by atoms with Gasteiger partial charge in [0.15, 0.2) is 0 Å². The van der Waals surface area contributed by atoms with Crippen molar-refractivity contribution in [1.82, 2.24) is 10.1 Å². The molecule has 0 bridgehead atoms. The number of hydroxylamine groups is 4. The summed E-state index contributed by atoms with van der Waals surface area (Å²) in [4.78, 5) is 36.0. The molecular formula is C23H26N2O4. The van der Waals surface area contributed by atoms with E-state index in [0.29, 0.717) is 11.1 Å². The van der Waals surface area contributed by atoms with Gasteiger partial charge < -0.3 is 0 Å². The summed E-state index contributed by atoms with van der Waals surface area (Å²) in [7, 11) is 2.96. The molecule has 2 amide bonds. The number of carbonyl (C=O) groups is 2. The first-order valence-corrected chi connectivity index (χ1v) is 9.09. The maximum atomic E-state index is 13.1. The summed E-state index contributed by atoms with van der Waals surface area (Å²) < 4.78 is 0. The quantitative estimate of drug-likeness (QED) is 0.472. The van der Waals surface area contributed by atoms with Gasteiger partial charge in [-0.1, -0.05) is 48.6 Å². The van der Waals surface area contributed by atoms with E-state index < -0.39 is 6.04 Å². The Hall–Kier alpha value is -3.22. The smallest absolute Gasteiger partial charge is 0.274 e. The van der Waals surface area contributed by atoms with Crippen molar-refractivity contribution in [2.75, 3.05) is 20.8 Å². The van der Waals surface area contributed by atoms with Crippen molar-refractivity contribution in [3.05, 3.63) is 96.1 Å². The highest BCUT2D eigenvalue weighted by atomic mass is 16.7. The van der Waals surface area contributed by atoms with Crippen LogP contribution in [0.3, 0.4) is 0 Å². The Kier molecular flexibility index (Phi) is 7.88. The number of rotatable bonds is 9. The second-order valence-electron chi connectivity index (χ2n) is 6.52. The summed E-state index contributed by atoms with van der Waals surface area (Å²) in [5, 5.41) is 2.43. The second kappa shape index (κ2) is 10.4. The molecule has 0 saturated heterocycles. The van der Waals surface area contributed by atoms with Gasteiger partial charge in [-0.25, -0.2) is 10.1 Å². The lowest BCUT2D eigenvalue weighted by Gasteiger charge is -2.29. The van der Waals surface area contributed by atoms with Gasteiger partial charge in [-0.15, -0.1) is 6.58 Å². The average molecular weight is 394 g/mol. The van der Waals surface area contributed by atoms with Crippen molar-refractivity contribution >= 4 is 11.8 Å². The van der Waals surface area contributed by atoms with Crippen LogP contribution in [0.25, 0.3) is 0 Å². The molecule has 29 heavy (non-hydrogen) atoms. The minimum atomic E-state index is -0.550. The van der Waals surface area contributed by atoms with Crippen molar-refractivity contribution < 1.29 is 19.3 Å². The monoisotopic (exact) mass is 394 g/mol. The lowest BCUT2D eigenvalue weighted by atomic mass is 10.0. The maximum Gasteiger partial charge on any atom is 0.278 e. The lowest BCUT2D eigenvalue weighted by molar-refractivity contribution is -0.132. The zero-order valence-electron chi connectivity index (χ0n) is 17.0. The number of carbonyl (C=O) groups excluding carboxylic acids is 2. The number of nitrogens with zero attached hydrogens (tertiary/aromatic N) is 2. The van der Waals surface area contributed by atoms with Crippen LogP contribution in [0.5, 0.6) is 0 Å². The fraction of sp³-hybridized carbons (Fsp3) is 0.217. The molecule has 6 nitrogen and oxygen atoms in total. The van der Waals surface area contributed by atoms with E-state index in [0.717, 1.165) is 16.2 Å². The number of hydrogen-bond acceptors (Lipinski definition) is 4. The first-order valence-electron chi connectivity index (χ1n) is 9.09. The molecular weight excluding hydrogens is 368 g/mol. The van der Waals surface area contributed by atoms with E-state index in [1.807, 2.05) is 13.0 Å². The van der Waals surface area contributed by atoms with Gasteiger partial charge in [0.1, 0.15) is 6.04 Å². The van der Waals surface area contributed by atoms with Crippen LogP contribution in [-0.2, 0) is 9.68 Å². The van der Waals surface area contributed by atoms with Crippen LogP contribution < -0.4 is 0 Å². The van der Waals surface area contributed by atoms with Crippen molar-refractivity contribution in [3.8, 4) is 0 Å². The van der Waals surface area contributed by atoms with Gasteiger partial charge in [-0.2, -0.15) is 0 Å². The van der Waals surface area contributed by atoms with E-state index in [1.165, 1.54) is 19.2 Å². The highest BCUT2D eigenvalue weighted by molar-refractivity contribution is 5.94. The van der Waals surface area contributed by atoms with Crippen molar-refractivity contribution in [3.63, 3.8) is 0 Å². The molecule has 0 aliphatic rings. The summed E-state index contributed by atoms with van der Waals surface area (Å²) in [6.07, 6.45) is 1.62. The molecule has 0 N–H and O–H groups in total. The first kappa shape index (κ1) is 22.1. The number of hydrogen-bond donors (Lipinski definition) is 0. The highest BCUT2D eigenvalue weighted by Crippen LogP contribution is 2.25. The molecule has 0 radical (unpaired) electrons. The molecule has 1 atom stereocenters. The molecule has 0 unspecified atom stereocenters. The normalized spacial score (nSPS) is 11.4. The van der Waals surface area contributed by atoms with Gasteiger partial charge in [0.25, 0.3) is 11.8 Å². The van der Waals surface area contributed by atoms with E-state index in [9.17, 15) is 9.59 Å². The molecule has 0 fully saturated rings. The lowest BCUT2D eigenvalue weighted by Crippen LogP contribution is -2.35. The first-order chi connectivity index (χ1) is 13.9. The molecule has 0 spiro atoms. The second-order valence-corrected chi connectivity index (χ2v) is 6.52. The number of benzene rings is 2. The third kappa shape index (κ3) is 5.63. The summed E-state index contributed by atoms with van der Waals surface area (Å²) in [6.45, 7) is 9.71. The van der Waals surface area contributed by atoms with Gasteiger partial charge in [-0.3, -0.25) is 19.3 Å². The van der Waals surface area contributed by atoms with E-state index in [1.54, 1.807) is 54.6 Å². The molecule has 6 heteroatoms.